The highest BCUT2D eigenvalue weighted by Crippen LogP contribution is 2.32. The Balaban J connectivity index is 1.80. The summed E-state index contributed by atoms with van der Waals surface area (Å²) in [6, 6.07) is 21.1. The van der Waals surface area contributed by atoms with Crippen LogP contribution in [0.2, 0.25) is 0 Å². The first-order valence-corrected chi connectivity index (χ1v) is 11.6. The molecule has 4 N–H and O–H groups in total. The minimum Gasteiger partial charge on any atom is -0.494 e. The molecule has 1 aromatic heterocycles. The average Bonchev–Trinajstić information content (AvgIpc) is 3.21. The second-order valence-electron chi connectivity index (χ2n) is 8.24. The number of aliphatic imine (C=N–C) groups is 1. The predicted octanol–water partition coefficient (Wildman–Crippen LogP) is 4.06. The molecule has 0 aliphatic heterocycles. The van der Waals surface area contributed by atoms with E-state index in [-0.39, 0.29) is 24.9 Å². The van der Waals surface area contributed by atoms with Crippen molar-refractivity contribution < 1.29 is 24.2 Å². The number of nitrogens with one attached hydrogen (secondary N) is 1. The van der Waals surface area contributed by atoms with Crippen molar-refractivity contribution in [2.75, 3.05) is 18.1 Å². The van der Waals surface area contributed by atoms with Crippen LogP contribution in [0.5, 0.6) is 5.88 Å². The van der Waals surface area contributed by atoms with Gasteiger partial charge in [0.15, 0.2) is 5.88 Å². The van der Waals surface area contributed by atoms with E-state index < -0.39 is 11.9 Å². The van der Waals surface area contributed by atoms with E-state index in [0.29, 0.717) is 39.1 Å². The fourth-order valence-electron chi connectivity index (χ4n) is 4.00. The van der Waals surface area contributed by atoms with Crippen molar-refractivity contribution in [3.8, 4) is 5.88 Å². The zero-order valence-electron chi connectivity index (χ0n) is 20.4. The van der Waals surface area contributed by atoms with E-state index >= 15 is 0 Å². The number of carbonyl (C=O) groups is 3. The van der Waals surface area contributed by atoms with E-state index in [1.165, 1.54) is 11.8 Å². The standard InChI is InChI=1S/C28H26N4O5/c1-3-37-28(36)19-9-14-22-23(15-19)31-27(35)25(22)26(18-7-5-4-6-8-18)30-20-10-12-21(13-11-20)32(17(2)33)16-24(29)34/h4-15,31,35H,3,16H2,1-2H3,(H2,29,34). The Kier molecular flexibility index (Phi) is 7.34. The van der Waals surface area contributed by atoms with Crippen LogP contribution < -0.4 is 10.6 Å². The zero-order valence-corrected chi connectivity index (χ0v) is 20.4. The van der Waals surface area contributed by atoms with Crippen LogP contribution in [0.25, 0.3) is 10.9 Å². The summed E-state index contributed by atoms with van der Waals surface area (Å²) in [6.07, 6.45) is 0. The number of esters is 1. The van der Waals surface area contributed by atoms with Gasteiger partial charge in [-0.2, -0.15) is 0 Å². The van der Waals surface area contributed by atoms with Gasteiger partial charge < -0.3 is 25.5 Å². The fraction of sp³-hybridized carbons (Fsp3) is 0.143. The number of amides is 2. The summed E-state index contributed by atoms with van der Waals surface area (Å²) in [5.41, 5.74) is 8.99. The molecule has 37 heavy (non-hydrogen) atoms. The fourth-order valence-corrected chi connectivity index (χ4v) is 4.00. The summed E-state index contributed by atoms with van der Waals surface area (Å²) < 4.78 is 5.08. The number of nitrogens with two attached hydrogens (primary N) is 1. The number of fused-ring (bicyclic) bond motifs is 1. The largest absolute Gasteiger partial charge is 0.494 e. The number of H-pyrrole nitrogens is 1. The Bertz CT molecular complexity index is 1490. The van der Waals surface area contributed by atoms with Gasteiger partial charge in [-0.05, 0) is 43.3 Å². The SMILES string of the molecule is CCOC(=O)c1ccc2c(C(=Nc3ccc(N(CC(N)=O)C(C)=O)cc3)c3ccccc3)c(O)[nH]c2c1. The molecule has 0 radical (unpaired) electrons. The number of hydrogen-bond donors (Lipinski definition) is 3. The number of aromatic hydroxyl groups is 1. The number of hydrogen-bond acceptors (Lipinski definition) is 6. The summed E-state index contributed by atoms with van der Waals surface area (Å²) in [4.78, 5) is 44.6. The molecule has 2 amide bonds. The highest BCUT2D eigenvalue weighted by molar-refractivity contribution is 6.22. The summed E-state index contributed by atoms with van der Waals surface area (Å²) in [7, 11) is 0. The average molecular weight is 499 g/mol. The molecule has 9 nitrogen and oxygen atoms in total. The van der Waals surface area contributed by atoms with Crippen LogP contribution in [-0.2, 0) is 14.3 Å². The van der Waals surface area contributed by atoms with Gasteiger partial charge in [-0.1, -0.05) is 36.4 Å². The summed E-state index contributed by atoms with van der Waals surface area (Å²) in [6.45, 7) is 3.12. The summed E-state index contributed by atoms with van der Waals surface area (Å²) in [5, 5.41) is 11.6. The van der Waals surface area contributed by atoms with Crippen molar-refractivity contribution in [2.24, 2.45) is 10.7 Å². The van der Waals surface area contributed by atoms with Crippen molar-refractivity contribution in [3.05, 3.63) is 89.5 Å². The minimum absolute atomic E-state index is 0.0977. The smallest absolute Gasteiger partial charge is 0.338 e. The first kappa shape index (κ1) is 25.2. The molecule has 0 bridgehead atoms. The van der Waals surface area contributed by atoms with Crippen LogP contribution in [0.3, 0.4) is 0 Å². The quantitative estimate of drug-likeness (QED) is 0.248. The number of rotatable bonds is 8. The monoisotopic (exact) mass is 498 g/mol. The van der Waals surface area contributed by atoms with Crippen molar-refractivity contribution in [1.29, 1.82) is 0 Å². The predicted molar refractivity (Wildman–Crippen MR) is 141 cm³/mol. The molecule has 0 fully saturated rings. The Morgan fingerprint density at radius 2 is 1.70 bits per heavy atom. The van der Waals surface area contributed by atoms with Crippen LogP contribution in [0.1, 0.15) is 35.3 Å². The van der Waals surface area contributed by atoms with Crippen molar-refractivity contribution in [1.82, 2.24) is 4.98 Å². The van der Waals surface area contributed by atoms with Gasteiger partial charge >= 0.3 is 5.97 Å². The lowest BCUT2D eigenvalue weighted by Crippen LogP contribution is -2.37. The molecule has 0 spiro atoms. The van der Waals surface area contributed by atoms with Gasteiger partial charge in [0, 0.05) is 29.1 Å². The molecule has 188 valence electrons. The van der Waals surface area contributed by atoms with Crippen LogP contribution in [-0.4, -0.2) is 46.7 Å². The molecule has 3 aromatic carbocycles. The normalized spacial score (nSPS) is 11.4. The van der Waals surface area contributed by atoms with E-state index in [2.05, 4.69) is 4.98 Å². The number of anilines is 1. The molecule has 9 heteroatoms. The number of carbonyl (C=O) groups excluding carboxylic acids is 3. The lowest BCUT2D eigenvalue weighted by atomic mass is 10.00. The molecule has 0 atom stereocenters. The van der Waals surface area contributed by atoms with Crippen molar-refractivity contribution in [2.45, 2.75) is 13.8 Å². The first-order valence-electron chi connectivity index (χ1n) is 11.6. The van der Waals surface area contributed by atoms with E-state index in [1.54, 1.807) is 49.4 Å². The Hall–Kier alpha value is -4.92. The maximum absolute atomic E-state index is 12.2. The topological polar surface area (TPSA) is 138 Å². The number of ether oxygens (including phenoxy) is 1. The molecule has 4 rings (SSSR count). The second kappa shape index (κ2) is 10.8. The third-order valence-electron chi connectivity index (χ3n) is 5.67. The summed E-state index contributed by atoms with van der Waals surface area (Å²) >= 11 is 0. The molecule has 0 saturated heterocycles. The second-order valence-corrected chi connectivity index (χ2v) is 8.24. The Morgan fingerprint density at radius 1 is 1.00 bits per heavy atom. The van der Waals surface area contributed by atoms with Crippen LogP contribution in [0, 0.1) is 0 Å². The highest BCUT2D eigenvalue weighted by atomic mass is 16.5. The Morgan fingerprint density at radius 3 is 2.32 bits per heavy atom. The van der Waals surface area contributed by atoms with Gasteiger partial charge in [0.05, 0.1) is 29.1 Å². The van der Waals surface area contributed by atoms with Gasteiger partial charge in [0.25, 0.3) is 0 Å². The minimum atomic E-state index is -0.621. The maximum atomic E-state index is 12.2. The van der Waals surface area contributed by atoms with E-state index in [4.69, 9.17) is 15.5 Å². The molecule has 0 aliphatic rings. The van der Waals surface area contributed by atoms with E-state index in [1.807, 2.05) is 30.3 Å². The third kappa shape index (κ3) is 5.51. The number of benzene rings is 3. The van der Waals surface area contributed by atoms with Crippen molar-refractivity contribution >= 4 is 45.8 Å². The molecule has 1 heterocycles. The Labute approximate surface area is 213 Å². The van der Waals surface area contributed by atoms with Crippen LogP contribution in [0.15, 0.2) is 77.8 Å². The molecule has 0 saturated carbocycles. The first-order chi connectivity index (χ1) is 17.8. The highest BCUT2D eigenvalue weighted by Gasteiger charge is 2.20. The van der Waals surface area contributed by atoms with Crippen LogP contribution >= 0.6 is 0 Å². The number of aromatic nitrogens is 1. The lowest BCUT2D eigenvalue weighted by molar-refractivity contribution is -0.121. The molecule has 0 unspecified atom stereocenters. The van der Waals surface area contributed by atoms with Gasteiger partial charge in [-0.25, -0.2) is 9.79 Å². The molecule has 4 aromatic rings. The maximum Gasteiger partial charge on any atom is 0.338 e. The molecule has 0 aliphatic carbocycles. The number of nitrogens with zero attached hydrogens (tertiary/aromatic N) is 2. The van der Waals surface area contributed by atoms with Gasteiger partial charge in [0.2, 0.25) is 11.8 Å². The van der Waals surface area contributed by atoms with Gasteiger partial charge in [0.1, 0.15) is 6.54 Å². The van der Waals surface area contributed by atoms with Crippen molar-refractivity contribution in [3.63, 3.8) is 0 Å². The van der Waals surface area contributed by atoms with E-state index in [0.717, 1.165) is 5.56 Å². The van der Waals surface area contributed by atoms with Crippen LogP contribution in [0.4, 0.5) is 11.4 Å². The molecular weight excluding hydrogens is 472 g/mol. The third-order valence-corrected chi connectivity index (χ3v) is 5.67. The summed E-state index contributed by atoms with van der Waals surface area (Å²) in [5.74, 6) is -1.48. The lowest BCUT2D eigenvalue weighted by Gasteiger charge is -2.19. The van der Waals surface area contributed by atoms with Gasteiger partial charge in [-0.15, -0.1) is 0 Å². The zero-order chi connectivity index (χ0) is 26.5. The number of primary amides is 1. The van der Waals surface area contributed by atoms with E-state index in [9.17, 15) is 19.5 Å². The van der Waals surface area contributed by atoms with Gasteiger partial charge in [-0.3, -0.25) is 9.59 Å². The molecular formula is C28H26N4O5. The number of aromatic amines is 1.